The van der Waals surface area contributed by atoms with E-state index < -0.39 is 5.91 Å². The van der Waals surface area contributed by atoms with Crippen molar-refractivity contribution in [1.82, 2.24) is 15.0 Å². The standard InChI is InChI=1S/C26H21N7OS2/c1-13(2)14-6-8-15(9-7-14)19-16(11-27)23(29)32-25-20(19)21(28)22(36-25)24(34)33-26-31-18(12-35-26)17-5-3-4-10-30-17/h3-10,12-13H,28H2,1-2H3,(H2,29,32)(H,31,33,34). The van der Waals surface area contributed by atoms with E-state index in [1.807, 2.05) is 47.8 Å². The molecule has 0 saturated heterocycles. The Hall–Kier alpha value is -4.33. The van der Waals surface area contributed by atoms with Gasteiger partial charge in [-0.2, -0.15) is 5.26 Å². The van der Waals surface area contributed by atoms with Crippen molar-refractivity contribution in [3.05, 3.63) is 70.0 Å². The Bertz CT molecular complexity index is 1630. The van der Waals surface area contributed by atoms with E-state index in [2.05, 4.69) is 40.2 Å². The number of pyridine rings is 2. The number of fused-ring (bicyclic) bond motifs is 1. The molecule has 0 aliphatic carbocycles. The van der Waals surface area contributed by atoms with Gasteiger partial charge in [0.25, 0.3) is 5.91 Å². The number of nitrogens with two attached hydrogens (primary N) is 2. The fourth-order valence-corrected chi connectivity index (χ4v) is 5.60. The zero-order valence-corrected chi connectivity index (χ0v) is 21.1. The van der Waals surface area contributed by atoms with E-state index in [0.29, 0.717) is 38.2 Å². The van der Waals surface area contributed by atoms with E-state index in [-0.39, 0.29) is 21.9 Å². The molecule has 8 nitrogen and oxygen atoms in total. The fourth-order valence-electron chi connectivity index (χ4n) is 3.89. The average molecular weight is 512 g/mol. The van der Waals surface area contributed by atoms with E-state index >= 15 is 0 Å². The lowest BCUT2D eigenvalue weighted by Crippen LogP contribution is -2.11. The second-order valence-electron chi connectivity index (χ2n) is 8.37. The summed E-state index contributed by atoms with van der Waals surface area (Å²) in [6.45, 7) is 4.23. The summed E-state index contributed by atoms with van der Waals surface area (Å²) in [7, 11) is 0. The summed E-state index contributed by atoms with van der Waals surface area (Å²) in [5, 5.41) is 15.5. The van der Waals surface area contributed by atoms with Crippen molar-refractivity contribution in [1.29, 1.82) is 5.26 Å². The largest absolute Gasteiger partial charge is 0.397 e. The molecule has 0 atom stereocenters. The summed E-state index contributed by atoms with van der Waals surface area (Å²) in [6.07, 6.45) is 1.69. The van der Waals surface area contributed by atoms with Crippen LogP contribution in [0.25, 0.3) is 32.7 Å². The van der Waals surface area contributed by atoms with Gasteiger partial charge in [-0.3, -0.25) is 15.1 Å². The number of nitrogen functional groups attached to an aromatic ring is 2. The number of hydrogen-bond acceptors (Lipinski definition) is 9. The summed E-state index contributed by atoms with van der Waals surface area (Å²) in [5.74, 6) is 0.0549. The number of carbonyl (C=O) groups is 1. The maximum absolute atomic E-state index is 13.2. The third-order valence-corrected chi connectivity index (χ3v) is 7.60. The molecule has 4 heterocycles. The summed E-state index contributed by atoms with van der Waals surface area (Å²) in [5.41, 5.74) is 17.1. The van der Waals surface area contributed by atoms with Crippen molar-refractivity contribution in [2.75, 3.05) is 16.8 Å². The first-order chi connectivity index (χ1) is 17.4. The van der Waals surface area contributed by atoms with E-state index in [9.17, 15) is 10.1 Å². The van der Waals surface area contributed by atoms with Gasteiger partial charge in [-0.05, 0) is 29.2 Å². The normalized spacial score (nSPS) is 11.1. The molecule has 36 heavy (non-hydrogen) atoms. The number of nitrogens with one attached hydrogen (secondary N) is 1. The number of nitriles is 1. The molecule has 0 radical (unpaired) electrons. The predicted molar refractivity (Wildman–Crippen MR) is 146 cm³/mol. The first-order valence-corrected chi connectivity index (χ1v) is 12.8. The molecule has 0 fully saturated rings. The van der Waals surface area contributed by atoms with Crippen LogP contribution in [-0.2, 0) is 0 Å². The number of thiophene rings is 1. The Balaban J connectivity index is 1.55. The minimum atomic E-state index is -0.407. The maximum atomic E-state index is 13.2. The van der Waals surface area contributed by atoms with Gasteiger partial charge in [0.1, 0.15) is 32.9 Å². The minimum absolute atomic E-state index is 0.0982. The van der Waals surface area contributed by atoms with E-state index in [0.717, 1.165) is 16.9 Å². The predicted octanol–water partition coefficient (Wildman–Crippen LogP) is 5.89. The molecule has 0 bridgehead atoms. The summed E-state index contributed by atoms with van der Waals surface area (Å²) in [6, 6.07) is 15.6. The van der Waals surface area contributed by atoms with Crippen LogP contribution in [0.4, 0.5) is 16.6 Å². The molecule has 1 aromatic carbocycles. The first-order valence-electron chi connectivity index (χ1n) is 11.1. The molecule has 0 aliphatic rings. The van der Waals surface area contributed by atoms with Gasteiger partial charge in [0.15, 0.2) is 5.13 Å². The highest BCUT2D eigenvalue weighted by Crippen LogP contribution is 2.43. The number of nitrogens with zero attached hydrogens (tertiary/aromatic N) is 4. The number of hydrogen-bond donors (Lipinski definition) is 3. The van der Waals surface area contributed by atoms with Crippen molar-refractivity contribution in [3.63, 3.8) is 0 Å². The zero-order valence-electron chi connectivity index (χ0n) is 19.4. The van der Waals surface area contributed by atoms with Crippen molar-refractivity contribution in [2.24, 2.45) is 0 Å². The lowest BCUT2D eigenvalue weighted by Gasteiger charge is -2.11. The van der Waals surface area contributed by atoms with Crippen LogP contribution in [0.15, 0.2) is 54.0 Å². The Kier molecular flexibility index (Phi) is 6.10. The van der Waals surface area contributed by atoms with Crippen LogP contribution in [0.3, 0.4) is 0 Å². The van der Waals surface area contributed by atoms with Gasteiger partial charge >= 0.3 is 0 Å². The number of aromatic nitrogens is 3. The Labute approximate surface area is 215 Å². The van der Waals surface area contributed by atoms with Crippen molar-refractivity contribution in [3.8, 4) is 28.6 Å². The molecular formula is C26H21N7OS2. The molecule has 178 valence electrons. The van der Waals surface area contributed by atoms with E-state index in [1.54, 1.807) is 6.20 Å². The molecule has 5 N–H and O–H groups in total. The summed E-state index contributed by atoms with van der Waals surface area (Å²) < 4.78 is 0. The third-order valence-electron chi connectivity index (χ3n) is 5.74. The molecule has 0 unspecified atom stereocenters. The van der Waals surface area contributed by atoms with Gasteiger partial charge in [-0.15, -0.1) is 22.7 Å². The lowest BCUT2D eigenvalue weighted by atomic mass is 9.94. The number of thiazole rings is 1. The number of anilines is 3. The second-order valence-corrected chi connectivity index (χ2v) is 10.2. The van der Waals surface area contributed by atoms with Gasteiger partial charge in [-0.25, -0.2) is 9.97 Å². The number of amides is 1. The van der Waals surface area contributed by atoms with Crippen molar-refractivity contribution >= 4 is 55.4 Å². The van der Waals surface area contributed by atoms with Gasteiger partial charge in [0, 0.05) is 22.5 Å². The smallest absolute Gasteiger partial charge is 0.269 e. The summed E-state index contributed by atoms with van der Waals surface area (Å²) >= 11 is 2.43. The van der Waals surface area contributed by atoms with Gasteiger partial charge in [0.2, 0.25) is 0 Å². The van der Waals surface area contributed by atoms with Crippen LogP contribution >= 0.6 is 22.7 Å². The molecule has 0 aliphatic heterocycles. The van der Waals surface area contributed by atoms with Crippen LogP contribution in [0, 0.1) is 11.3 Å². The number of benzene rings is 1. The number of rotatable bonds is 5. The van der Waals surface area contributed by atoms with E-state index in [1.165, 1.54) is 16.9 Å². The maximum Gasteiger partial charge on any atom is 0.269 e. The van der Waals surface area contributed by atoms with Crippen molar-refractivity contribution in [2.45, 2.75) is 19.8 Å². The topological polar surface area (TPSA) is 144 Å². The summed E-state index contributed by atoms with van der Waals surface area (Å²) in [4.78, 5) is 27.1. The van der Waals surface area contributed by atoms with Crippen LogP contribution in [0.5, 0.6) is 0 Å². The third kappa shape index (κ3) is 4.15. The molecule has 5 rings (SSSR count). The zero-order chi connectivity index (χ0) is 25.4. The lowest BCUT2D eigenvalue weighted by molar-refractivity contribution is 0.103. The first kappa shape index (κ1) is 23.4. The molecule has 0 saturated carbocycles. The molecule has 10 heteroatoms. The fraction of sp³-hybridized carbons (Fsp3) is 0.115. The van der Waals surface area contributed by atoms with E-state index in [4.69, 9.17) is 11.5 Å². The van der Waals surface area contributed by atoms with Crippen LogP contribution in [-0.4, -0.2) is 20.9 Å². The molecule has 1 amide bonds. The SMILES string of the molecule is CC(C)c1ccc(-c2c(C#N)c(N)nc3sc(C(=O)Nc4nc(-c5ccccn5)cs4)c(N)c23)cc1. The van der Waals surface area contributed by atoms with Crippen LogP contribution in [0.1, 0.15) is 40.6 Å². The average Bonchev–Trinajstić information content (AvgIpc) is 3.48. The highest BCUT2D eigenvalue weighted by Gasteiger charge is 2.25. The number of carbonyl (C=O) groups excluding carboxylic acids is 1. The molecular weight excluding hydrogens is 490 g/mol. The van der Waals surface area contributed by atoms with Gasteiger partial charge in [0.05, 0.1) is 11.4 Å². The Morgan fingerprint density at radius 1 is 1.08 bits per heavy atom. The quantitative estimate of drug-likeness (QED) is 0.267. The molecule has 0 spiro atoms. The highest BCUT2D eigenvalue weighted by molar-refractivity contribution is 7.21. The van der Waals surface area contributed by atoms with Gasteiger partial charge in [-0.1, -0.05) is 44.2 Å². The minimum Gasteiger partial charge on any atom is -0.397 e. The highest BCUT2D eigenvalue weighted by atomic mass is 32.1. The molecule has 4 aromatic heterocycles. The van der Waals surface area contributed by atoms with Crippen LogP contribution < -0.4 is 16.8 Å². The van der Waals surface area contributed by atoms with Crippen molar-refractivity contribution < 1.29 is 4.79 Å². The Morgan fingerprint density at radius 2 is 1.86 bits per heavy atom. The second kappa shape index (κ2) is 9.37. The monoisotopic (exact) mass is 511 g/mol. The van der Waals surface area contributed by atoms with Gasteiger partial charge < -0.3 is 11.5 Å². The Morgan fingerprint density at radius 3 is 2.53 bits per heavy atom. The van der Waals surface area contributed by atoms with Crippen LogP contribution in [0.2, 0.25) is 0 Å². The molecule has 5 aromatic rings.